The summed E-state index contributed by atoms with van der Waals surface area (Å²) >= 11 is 0. The fraction of sp³-hybridized carbons (Fsp3) is 0.571. The molecule has 2 aliphatic carbocycles. The monoisotopic (exact) mass is 357 g/mol. The minimum atomic E-state index is -0.509. The van der Waals surface area contributed by atoms with Crippen LogP contribution in [0.2, 0.25) is 0 Å². The summed E-state index contributed by atoms with van der Waals surface area (Å²) in [6, 6.07) is 5.84. The standard InChI is InChI=1S/C21H27NO4/c1-12-13(2)21-6-7-25-20(16(21)8-15(12)10-21)14-4-5-17(18(9-14)24-3)26-11-19(22)23/h4-5,9,13,15-16,20H,1,6-8,10-11H2,2-3H3,(H2,22,23)/t13-,15-,16-,20-,21-/m1/s1. The number of carbonyl (C=O) groups is 1. The molecule has 5 atom stereocenters. The molecule has 2 N–H and O–H groups in total. The molecule has 2 bridgehead atoms. The normalized spacial score (nSPS) is 35.2. The van der Waals surface area contributed by atoms with Crippen molar-refractivity contribution in [2.24, 2.45) is 28.9 Å². The van der Waals surface area contributed by atoms with Crippen LogP contribution in [0.25, 0.3) is 0 Å². The van der Waals surface area contributed by atoms with E-state index in [1.54, 1.807) is 7.11 Å². The van der Waals surface area contributed by atoms with Crippen molar-refractivity contribution in [3.63, 3.8) is 0 Å². The van der Waals surface area contributed by atoms with E-state index in [9.17, 15) is 4.79 Å². The first-order chi connectivity index (χ1) is 12.5. The molecule has 5 nitrogen and oxygen atoms in total. The maximum absolute atomic E-state index is 11.0. The molecule has 26 heavy (non-hydrogen) atoms. The topological polar surface area (TPSA) is 70.8 Å². The second kappa shape index (κ2) is 6.31. The number of hydrogen-bond acceptors (Lipinski definition) is 4. The molecule has 1 heterocycles. The van der Waals surface area contributed by atoms with Crippen LogP contribution in [0.4, 0.5) is 0 Å². The Bertz CT molecular complexity index is 746. The Kier molecular flexibility index (Phi) is 4.22. The van der Waals surface area contributed by atoms with Crippen LogP contribution in [-0.2, 0) is 9.53 Å². The number of carbonyl (C=O) groups excluding carboxylic acids is 1. The lowest BCUT2D eigenvalue weighted by atomic mass is 9.62. The Labute approximate surface area is 154 Å². The third-order valence-corrected chi connectivity index (χ3v) is 6.96. The minimum absolute atomic E-state index is 0.0726. The molecule has 140 valence electrons. The third kappa shape index (κ3) is 2.52. The Hall–Kier alpha value is -2.01. The molecule has 3 aliphatic rings. The van der Waals surface area contributed by atoms with Crippen LogP contribution in [0, 0.1) is 23.2 Å². The van der Waals surface area contributed by atoms with Crippen molar-refractivity contribution in [2.75, 3.05) is 20.3 Å². The predicted octanol–water partition coefficient (Wildman–Crippen LogP) is 3.24. The van der Waals surface area contributed by atoms with Gasteiger partial charge in [0, 0.05) is 6.61 Å². The van der Waals surface area contributed by atoms with Gasteiger partial charge < -0.3 is 19.9 Å². The lowest BCUT2D eigenvalue weighted by Gasteiger charge is -2.48. The smallest absolute Gasteiger partial charge is 0.255 e. The van der Waals surface area contributed by atoms with Crippen molar-refractivity contribution >= 4 is 5.91 Å². The van der Waals surface area contributed by atoms with E-state index in [-0.39, 0.29) is 12.7 Å². The number of methoxy groups -OCH3 is 1. The molecule has 4 rings (SSSR count). The minimum Gasteiger partial charge on any atom is -0.493 e. The Morgan fingerprint density at radius 1 is 1.42 bits per heavy atom. The highest BCUT2D eigenvalue weighted by atomic mass is 16.5. The van der Waals surface area contributed by atoms with Gasteiger partial charge in [-0.1, -0.05) is 25.1 Å². The average molecular weight is 357 g/mol. The van der Waals surface area contributed by atoms with Gasteiger partial charge in [-0.05, 0) is 60.1 Å². The average Bonchev–Trinajstić information content (AvgIpc) is 3.14. The molecule has 0 unspecified atom stereocenters. The summed E-state index contributed by atoms with van der Waals surface area (Å²) in [6.45, 7) is 7.33. The quantitative estimate of drug-likeness (QED) is 0.821. The molecule has 1 amide bonds. The summed E-state index contributed by atoms with van der Waals surface area (Å²) < 4.78 is 17.2. The lowest BCUT2D eigenvalue weighted by molar-refractivity contribution is -0.120. The van der Waals surface area contributed by atoms with Crippen LogP contribution in [0.3, 0.4) is 0 Å². The van der Waals surface area contributed by atoms with Crippen LogP contribution in [0.1, 0.15) is 37.9 Å². The number of rotatable bonds is 5. The summed E-state index contributed by atoms with van der Waals surface area (Å²) in [5.74, 6) is 2.34. The molecule has 1 saturated heterocycles. The van der Waals surface area contributed by atoms with E-state index in [0.29, 0.717) is 34.7 Å². The van der Waals surface area contributed by atoms with Gasteiger partial charge in [0.25, 0.3) is 5.91 Å². The fourth-order valence-corrected chi connectivity index (χ4v) is 5.62. The SMILES string of the molecule is C=C1[C@@H]2C[C@@H]3[C@@H](c4ccc(OCC(N)=O)c(OC)c4)OCC[C@@]3(C2)[C@@H]1C. The number of benzene rings is 1. The number of allylic oxidation sites excluding steroid dienone is 1. The van der Waals surface area contributed by atoms with Crippen molar-refractivity contribution in [3.8, 4) is 11.5 Å². The molecule has 5 heteroatoms. The highest BCUT2D eigenvalue weighted by Gasteiger charge is 2.61. The van der Waals surface area contributed by atoms with E-state index in [0.717, 1.165) is 25.0 Å². The van der Waals surface area contributed by atoms with Crippen LogP contribution in [0.5, 0.6) is 11.5 Å². The van der Waals surface area contributed by atoms with Gasteiger partial charge in [0.2, 0.25) is 0 Å². The summed E-state index contributed by atoms with van der Waals surface area (Å²) in [6.07, 6.45) is 3.62. The van der Waals surface area contributed by atoms with Crippen LogP contribution in [0.15, 0.2) is 30.4 Å². The van der Waals surface area contributed by atoms with E-state index in [2.05, 4.69) is 13.5 Å². The number of amides is 1. The van der Waals surface area contributed by atoms with Gasteiger partial charge >= 0.3 is 0 Å². The number of hydrogen-bond donors (Lipinski definition) is 1. The maximum Gasteiger partial charge on any atom is 0.255 e. The van der Waals surface area contributed by atoms with Crippen LogP contribution >= 0.6 is 0 Å². The molecule has 0 aromatic heterocycles. The summed E-state index contributed by atoms with van der Waals surface area (Å²) in [7, 11) is 1.60. The van der Waals surface area contributed by atoms with Crippen molar-refractivity contribution in [1.82, 2.24) is 0 Å². The number of fused-ring (bicyclic) bond motifs is 1. The Balaban J connectivity index is 1.61. The number of primary amides is 1. The fourth-order valence-electron chi connectivity index (χ4n) is 5.62. The molecular weight excluding hydrogens is 330 g/mol. The number of ether oxygens (including phenoxy) is 3. The maximum atomic E-state index is 11.0. The molecule has 0 radical (unpaired) electrons. The third-order valence-electron chi connectivity index (χ3n) is 6.96. The molecular formula is C21H27NO4. The molecule has 1 spiro atoms. The second-order valence-electron chi connectivity index (χ2n) is 7.98. The van der Waals surface area contributed by atoms with E-state index < -0.39 is 5.91 Å². The van der Waals surface area contributed by atoms with E-state index in [4.69, 9.17) is 19.9 Å². The van der Waals surface area contributed by atoms with Crippen molar-refractivity contribution in [2.45, 2.75) is 32.3 Å². The first-order valence-corrected chi connectivity index (χ1v) is 9.35. The zero-order chi connectivity index (χ0) is 18.5. The first-order valence-electron chi connectivity index (χ1n) is 9.35. The van der Waals surface area contributed by atoms with Gasteiger partial charge in [0.15, 0.2) is 18.1 Å². The Morgan fingerprint density at radius 3 is 2.92 bits per heavy atom. The number of nitrogens with two attached hydrogens (primary N) is 1. The van der Waals surface area contributed by atoms with Gasteiger partial charge in [0.1, 0.15) is 0 Å². The molecule has 1 aromatic rings. The first kappa shape index (κ1) is 17.4. The van der Waals surface area contributed by atoms with E-state index >= 15 is 0 Å². The van der Waals surface area contributed by atoms with Gasteiger partial charge in [-0.3, -0.25) is 4.79 Å². The van der Waals surface area contributed by atoms with Crippen molar-refractivity contribution in [1.29, 1.82) is 0 Å². The van der Waals surface area contributed by atoms with Gasteiger partial charge in [-0.2, -0.15) is 0 Å². The highest BCUT2D eigenvalue weighted by molar-refractivity contribution is 5.75. The van der Waals surface area contributed by atoms with E-state index in [1.165, 1.54) is 12.0 Å². The van der Waals surface area contributed by atoms with Crippen molar-refractivity contribution in [3.05, 3.63) is 35.9 Å². The molecule has 1 aromatic carbocycles. The summed E-state index contributed by atoms with van der Waals surface area (Å²) in [5, 5.41) is 0. The van der Waals surface area contributed by atoms with Gasteiger partial charge in [0.05, 0.1) is 13.2 Å². The molecule has 3 fully saturated rings. The highest BCUT2D eigenvalue weighted by Crippen LogP contribution is 2.69. The summed E-state index contributed by atoms with van der Waals surface area (Å²) in [5.41, 5.74) is 8.05. The predicted molar refractivity (Wildman–Crippen MR) is 97.9 cm³/mol. The zero-order valence-electron chi connectivity index (χ0n) is 15.5. The van der Waals surface area contributed by atoms with Crippen LogP contribution in [-0.4, -0.2) is 26.2 Å². The Morgan fingerprint density at radius 2 is 2.23 bits per heavy atom. The summed E-state index contributed by atoms with van der Waals surface area (Å²) in [4.78, 5) is 11.0. The van der Waals surface area contributed by atoms with Crippen LogP contribution < -0.4 is 15.2 Å². The lowest BCUT2D eigenvalue weighted by Crippen LogP contribution is -2.42. The second-order valence-corrected chi connectivity index (χ2v) is 7.98. The molecule has 2 saturated carbocycles. The molecule has 1 aliphatic heterocycles. The van der Waals surface area contributed by atoms with E-state index in [1.807, 2.05) is 18.2 Å². The van der Waals surface area contributed by atoms with Gasteiger partial charge in [-0.15, -0.1) is 0 Å². The zero-order valence-corrected chi connectivity index (χ0v) is 15.5. The van der Waals surface area contributed by atoms with Gasteiger partial charge in [-0.25, -0.2) is 0 Å². The largest absolute Gasteiger partial charge is 0.493 e. The van der Waals surface area contributed by atoms with Crippen molar-refractivity contribution < 1.29 is 19.0 Å².